The molecule has 0 aliphatic rings. The van der Waals surface area contributed by atoms with Gasteiger partial charge >= 0.3 is 24.3 Å². The number of hydrogen-bond donors (Lipinski definition) is 3. The van der Waals surface area contributed by atoms with Crippen molar-refractivity contribution < 1.29 is 42.2 Å². The number of hydrogen-bond acceptors (Lipinski definition) is 3. The zero-order valence-corrected chi connectivity index (χ0v) is 7.99. The Hall–Kier alpha value is -1.87. The van der Waals surface area contributed by atoms with Crippen molar-refractivity contribution in [3.63, 3.8) is 0 Å². The standard InChI is InChI=1S/C7H7F4NO5/c8-5(9)7(10,11)6(17)12-2(4(15)16)1-3(13)14/h2,5H,1H2,(H,12,17)(H,13,14)(H,15,16). The number of carboxylic acid groups (broad SMARTS) is 2. The topological polar surface area (TPSA) is 104 Å². The molecule has 3 N–H and O–H groups in total. The normalized spacial score (nSPS) is 13.2. The average Bonchev–Trinajstić information content (AvgIpc) is 2.15. The molecule has 17 heavy (non-hydrogen) atoms. The van der Waals surface area contributed by atoms with Gasteiger partial charge in [0.15, 0.2) is 0 Å². The second kappa shape index (κ2) is 5.46. The third kappa shape index (κ3) is 4.25. The van der Waals surface area contributed by atoms with E-state index in [0.29, 0.717) is 0 Å². The van der Waals surface area contributed by atoms with Crippen LogP contribution in [0.15, 0.2) is 0 Å². The summed E-state index contributed by atoms with van der Waals surface area (Å²) in [6.07, 6.45) is -5.53. The minimum absolute atomic E-state index is 1.02. The Kier molecular flexibility index (Phi) is 4.86. The molecule has 1 amide bonds. The van der Waals surface area contributed by atoms with E-state index in [9.17, 15) is 31.9 Å². The maximum absolute atomic E-state index is 12.4. The van der Waals surface area contributed by atoms with Gasteiger partial charge < -0.3 is 15.5 Å². The fourth-order valence-corrected chi connectivity index (χ4v) is 0.728. The van der Waals surface area contributed by atoms with Gasteiger partial charge in [0.05, 0.1) is 6.42 Å². The minimum Gasteiger partial charge on any atom is -0.481 e. The van der Waals surface area contributed by atoms with Crippen LogP contribution in [0.25, 0.3) is 0 Å². The molecule has 0 saturated heterocycles. The SMILES string of the molecule is O=C(O)CC(NC(=O)C(F)(F)C(F)F)C(=O)O. The number of carboxylic acids is 2. The Morgan fingerprint density at radius 2 is 1.65 bits per heavy atom. The molecule has 98 valence electrons. The van der Waals surface area contributed by atoms with Crippen molar-refractivity contribution in [2.75, 3.05) is 0 Å². The van der Waals surface area contributed by atoms with Crippen LogP contribution in [-0.4, -0.2) is 46.4 Å². The quantitative estimate of drug-likeness (QED) is 0.581. The summed E-state index contributed by atoms with van der Waals surface area (Å²) in [5, 5.41) is 17.6. The summed E-state index contributed by atoms with van der Waals surface area (Å²) in [4.78, 5) is 31.1. The number of carbonyl (C=O) groups excluding carboxylic acids is 1. The van der Waals surface area contributed by atoms with Crippen molar-refractivity contribution in [2.24, 2.45) is 0 Å². The number of carbonyl (C=O) groups is 3. The Bertz CT molecular complexity index is 332. The summed E-state index contributed by atoms with van der Waals surface area (Å²) in [6, 6.07) is -2.20. The van der Waals surface area contributed by atoms with Gasteiger partial charge in [0, 0.05) is 0 Å². The van der Waals surface area contributed by atoms with Gasteiger partial charge in [0.25, 0.3) is 5.91 Å². The van der Waals surface area contributed by atoms with Crippen molar-refractivity contribution in [3.8, 4) is 0 Å². The zero-order chi connectivity index (χ0) is 13.8. The Balaban J connectivity index is 4.73. The predicted molar refractivity (Wildman–Crippen MR) is 42.8 cm³/mol. The van der Waals surface area contributed by atoms with Crippen LogP contribution < -0.4 is 5.32 Å². The summed E-state index contributed by atoms with van der Waals surface area (Å²) < 4.78 is 48.2. The molecule has 1 unspecified atom stereocenters. The third-order valence-electron chi connectivity index (χ3n) is 1.56. The molecule has 0 aromatic carbocycles. The number of aliphatic carboxylic acids is 2. The molecule has 0 aromatic rings. The third-order valence-corrected chi connectivity index (χ3v) is 1.56. The van der Waals surface area contributed by atoms with Crippen LogP contribution in [0, 0.1) is 0 Å². The number of nitrogens with one attached hydrogen (secondary N) is 1. The highest BCUT2D eigenvalue weighted by molar-refractivity contribution is 5.90. The van der Waals surface area contributed by atoms with E-state index in [2.05, 4.69) is 0 Å². The lowest BCUT2D eigenvalue weighted by atomic mass is 10.2. The van der Waals surface area contributed by atoms with E-state index >= 15 is 0 Å². The largest absolute Gasteiger partial charge is 0.481 e. The molecule has 1 atom stereocenters. The fourth-order valence-electron chi connectivity index (χ4n) is 0.728. The van der Waals surface area contributed by atoms with E-state index < -0.39 is 42.7 Å². The summed E-state index contributed by atoms with van der Waals surface area (Å²) in [6.45, 7) is 0. The van der Waals surface area contributed by atoms with Crippen LogP contribution >= 0.6 is 0 Å². The molecule has 0 aliphatic carbocycles. The van der Waals surface area contributed by atoms with Gasteiger partial charge in [-0.05, 0) is 0 Å². The van der Waals surface area contributed by atoms with Gasteiger partial charge in [-0.1, -0.05) is 0 Å². The van der Waals surface area contributed by atoms with Crippen molar-refractivity contribution >= 4 is 17.8 Å². The number of halogens is 4. The molecule has 0 saturated carbocycles. The molecular weight excluding hydrogens is 254 g/mol. The first-order valence-corrected chi connectivity index (χ1v) is 4.00. The first kappa shape index (κ1) is 15.1. The predicted octanol–water partition coefficient (Wildman–Crippen LogP) is -0.0691. The van der Waals surface area contributed by atoms with Crippen LogP contribution in [0.4, 0.5) is 17.6 Å². The van der Waals surface area contributed by atoms with Crippen LogP contribution in [0.5, 0.6) is 0 Å². The lowest BCUT2D eigenvalue weighted by Gasteiger charge is -2.18. The van der Waals surface area contributed by atoms with E-state index in [1.165, 1.54) is 0 Å². The van der Waals surface area contributed by atoms with E-state index in [1.807, 2.05) is 0 Å². The van der Waals surface area contributed by atoms with Gasteiger partial charge in [-0.2, -0.15) is 8.78 Å². The summed E-state index contributed by atoms with van der Waals surface area (Å²) in [5.74, 6) is -11.2. The molecule has 6 nitrogen and oxygen atoms in total. The molecule has 0 rings (SSSR count). The summed E-state index contributed by atoms with van der Waals surface area (Å²) >= 11 is 0. The molecule has 0 heterocycles. The van der Waals surface area contributed by atoms with Gasteiger partial charge in [-0.15, -0.1) is 0 Å². The van der Waals surface area contributed by atoms with E-state index in [1.54, 1.807) is 0 Å². The Morgan fingerprint density at radius 1 is 1.18 bits per heavy atom. The molecular formula is C7H7F4NO5. The molecule has 0 fully saturated rings. The maximum atomic E-state index is 12.4. The van der Waals surface area contributed by atoms with Gasteiger partial charge in [-0.3, -0.25) is 9.59 Å². The Morgan fingerprint density at radius 3 is 1.94 bits per heavy atom. The number of alkyl halides is 4. The van der Waals surface area contributed by atoms with E-state index in [0.717, 1.165) is 5.32 Å². The van der Waals surface area contributed by atoms with E-state index in [4.69, 9.17) is 10.2 Å². The monoisotopic (exact) mass is 261 g/mol. The molecule has 10 heteroatoms. The van der Waals surface area contributed by atoms with Crippen molar-refractivity contribution in [3.05, 3.63) is 0 Å². The van der Waals surface area contributed by atoms with Crippen molar-refractivity contribution in [1.29, 1.82) is 0 Å². The van der Waals surface area contributed by atoms with Gasteiger partial charge in [-0.25, -0.2) is 13.6 Å². The molecule has 0 aromatic heterocycles. The second-order valence-electron chi connectivity index (χ2n) is 2.89. The molecule has 0 bridgehead atoms. The summed E-state index contributed by atoms with van der Waals surface area (Å²) in [5.41, 5.74) is 0. The lowest BCUT2D eigenvalue weighted by Crippen LogP contribution is -2.51. The second-order valence-corrected chi connectivity index (χ2v) is 2.89. The van der Waals surface area contributed by atoms with Crippen LogP contribution in [0.2, 0.25) is 0 Å². The van der Waals surface area contributed by atoms with Gasteiger partial charge in [0.2, 0.25) is 0 Å². The van der Waals surface area contributed by atoms with Crippen LogP contribution in [0.1, 0.15) is 6.42 Å². The number of rotatable bonds is 6. The highest BCUT2D eigenvalue weighted by atomic mass is 19.3. The first-order valence-electron chi connectivity index (χ1n) is 4.00. The highest BCUT2D eigenvalue weighted by Crippen LogP contribution is 2.23. The maximum Gasteiger partial charge on any atom is 0.383 e. The Labute approximate surface area is 91.2 Å². The highest BCUT2D eigenvalue weighted by Gasteiger charge is 2.50. The molecule has 0 spiro atoms. The van der Waals surface area contributed by atoms with E-state index in [-0.39, 0.29) is 0 Å². The average molecular weight is 261 g/mol. The first-order chi connectivity index (χ1) is 7.59. The van der Waals surface area contributed by atoms with Crippen molar-refractivity contribution in [2.45, 2.75) is 24.8 Å². The van der Waals surface area contributed by atoms with Crippen LogP contribution in [0.3, 0.4) is 0 Å². The number of amides is 1. The lowest BCUT2D eigenvalue weighted by molar-refractivity contribution is -0.171. The summed E-state index contributed by atoms with van der Waals surface area (Å²) in [7, 11) is 0. The molecule has 0 radical (unpaired) electrons. The van der Waals surface area contributed by atoms with Gasteiger partial charge in [0.1, 0.15) is 6.04 Å². The molecule has 0 aliphatic heterocycles. The fraction of sp³-hybridized carbons (Fsp3) is 0.571. The van der Waals surface area contributed by atoms with Crippen LogP contribution in [-0.2, 0) is 14.4 Å². The zero-order valence-electron chi connectivity index (χ0n) is 7.99. The van der Waals surface area contributed by atoms with Crippen molar-refractivity contribution in [1.82, 2.24) is 5.32 Å². The smallest absolute Gasteiger partial charge is 0.383 e. The minimum atomic E-state index is -5.08.